The van der Waals surface area contributed by atoms with Crippen LogP contribution >= 0.6 is 8.58 Å². The molecule has 0 amide bonds. The van der Waals surface area contributed by atoms with Crippen LogP contribution in [0.5, 0.6) is 0 Å². The molecule has 3 unspecified atom stereocenters. The molecular formula is C26H29F2PTi. The smallest absolute Gasteiger partial charge is 1.00 e. The molecular weight excluding hydrogens is 429 g/mol. The van der Waals surface area contributed by atoms with Gasteiger partial charge in [-0.15, -0.1) is 0 Å². The van der Waals surface area contributed by atoms with Crippen LogP contribution in [0.3, 0.4) is 0 Å². The van der Waals surface area contributed by atoms with Crippen molar-refractivity contribution < 1.29 is 28.6 Å². The summed E-state index contributed by atoms with van der Waals surface area (Å²) in [6, 6.07) is 18.0. The molecule has 30 heavy (non-hydrogen) atoms. The van der Waals surface area contributed by atoms with Crippen LogP contribution in [-0.2, 0) is 19.2 Å². The van der Waals surface area contributed by atoms with E-state index in [1.807, 2.05) is 0 Å². The summed E-state index contributed by atoms with van der Waals surface area (Å²) < 4.78 is 2.45. The number of hydrogen-bond acceptors (Lipinski definition) is 0. The summed E-state index contributed by atoms with van der Waals surface area (Å²) in [7, 11) is 0.793. The summed E-state index contributed by atoms with van der Waals surface area (Å²) in [5.41, 5.74) is 6.14. The Bertz CT molecular complexity index is 961. The standard InChI is InChI=1S/C16H14P.C10H15.2FH.Ti/c1-12-6-2-5-9-16(12)17-15-10-13-7-3-4-8-14(13)11-15;1-3-6-9(2)10-7-4-5-8-10;;;/h2-11,17H,1H3;4,7,9H,3,5-6H2,1-2H3;2*1H;/q;;;;+2/p-2. The third kappa shape index (κ3) is 5.28. The normalized spacial score (nSPS) is 18.0. The quantitative estimate of drug-likeness (QED) is 0.432. The molecule has 0 radical (unpaired) electrons. The molecule has 2 aromatic rings. The van der Waals surface area contributed by atoms with Crippen LogP contribution in [0, 0.1) is 12.8 Å². The molecule has 0 spiro atoms. The monoisotopic (exact) mass is 458 g/mol. The Morgan fingerprint density at radius 2 is 1.80 bits per heavy atom. The van der Waals surface area contributed by atoms with Gasteiger partial charge in [-0.1, -0.05) is 0 Å². The van der Waals surface area contributed by atoms with Crippen LogP contribution < -0.4 is 14.7 Å². The fourth-order valence-corrected chi connectivity index (χ4v) is 8.99. The summed E-state index contributed by atoms with van der Waals surface area (Å²) in [6.07, 6.45) is 11.1. The summed E-state index contributed by atoms with van der Waals surface area (Å²) in [5, 5.41) is 3.17. The van der Waals surface area contributed by atoms with Gasteiger partial charge in [-0.3, -0.25) is 0 Å². The van der Waals surface area contributed by atoms with E-state index in [4.69, 9.17) is 0 Å². The minimum absolute atomic E-state index is 0. The van der Waals surface area contributed by atoms with Gasteiger partial charge in [0.15, 0.2) is 0 Å². The van der Waals surface area contributed by atoms with Crippen molar-refractivity contribution in [1.29, 1.82) is 0 Å². The Labute approximate surface area is 190 Å². The number of benzene rings is 2. The molecule has 0 bridgehead atoms. The van der Waals surface area contributed by atoms with Crippen molar-refractivity contribution in [3.8, 4) is 0 Å². The molecule has 0 N–H and O–H groups in total. The van der Waals surface area contributed by atoms with Crippen molar-refractivity contribution in [2.24, 2.45) is 5.92 Å². The van der Waals surface area contributed by atoms with Gasteiger partial charge in [0.25, 0.3) is 0 Å². The van der Waals surface area contributed by atoms with E-state index in [0.717, 1.165) is 8.58 Å². The zero-order valence-corrected chi connectivity index (χ0v) is 20.4. The summed E-state index contributed by atoms with van der Waals surface area (Å²) in [6.45, 7) is 6.99. The first-order chi connectivity index (χ1) is 13.7. The second-order valence-electron chi connectivity index (χ2n) is 7.98. The van der Waals surface area contributed by atoms with Crippen molar-refractivity contribution >= 4 is 20.0 Å². The van der Waals surface area contributed by atoms with E-state index >= 15 is 0 Å². The Kier molecular flexibility index (Phi) is 9.42. The maximum absolute atomic E-state index is 2.51. The fraction of sp³-hybridized carbons (Fsp3) is 0.308. The molecule has 0 fully saturated rings. The van der Waals surface area contributed by atoms with Crippen LogP contribution in [-0.4, -0.2) is 0 Å². The maximum atomic E-state index is 2.51. The number of fused-ring (bicyclic) bond motifs is 1. The fourth-order valence-electron chi connectivity index (χ4n) is 4.34. The van der Waals surface area contributed by atoms with Crippen LogP contribution in [0.4, 0.5) is 0 Å². The predicted molar refractivity (Wildman–Crippen MR) is 121 cm³/mol. The molecule has 0 saturated heterocycles. The molecule has 4 rings (SSSR count). The minimum atomic E-state index is -0.216. The Morgan fingerprint density at radius 1 is 1.07 bits per heavy atom. The van der Waals surface area contributed by atoms with E-state index in [1.165, 1.54) is 35.7 Å². The number of allylic oxidation sites excluding steroid dienone is 5. The van der Waals surface area contributed by atoms with Gasteiger partial charge in [0.05, 0.1) is 0 Å². The van der Waals surface area contributed by atoms with Gasteiger partial charge in [0, 0.05) is 0 Å². The molecule has 0 saturated carbocycles. The topological polar surface area (TPSA) is 0 Å². The Morgan fingerprint density at radius 3 is 2.57 bits per heavy atom. The van der Waals surface area contributed by atoms with Gasteiger partial charge in [-0.25, -0.2) is 0 Å². The summed E-state index contributed by atoms with van der Waals surface area (Å²) in [4.78, 5) is 0. The van der Waals surface area contributed by atoms with Crippen LogP contribution in [0.1, 0.15) is 54.0 Å². The van der Waals surface area contributed by atoms with E-state index in [-0.39, 0.29) is 28.6 Å². The first kappa shape index (κ1) is 24.9. The van der Waals surface area contributed by atoms with Crippen molar-refractivity contribution in [2.75, 3.05) is 0 Å². The van der Waals surface area contributed by atoms with Gasteiger partial charge < -0.3 is 9.41 Å². The first-order valence-electron chi connectivity index (χ1n) is 10.5. The minimum Gasteiger partial charge on any atom is -1.00 e. The zero-order chi connectivity index (χ0) is 19.5. The summed E-state index contributed by atoms with van der Waals surface area (Å²) >= 11 is -0.216. The number of rotatable bonds is 7. The summed E-state index contributed by atoms with van der Waals surface area (Å²) in [5.74, 6) is 0.713. The molecule has 0 aliphatic heterocycles. The zero-order valence-electron chi connectivity index (χ0n) is 17.9. The van der Waals surface area contributed by atoms with Crippen molar-refractivity contribution in [2.45, 2.75) is 44.3 Å². The molecule has 0 aromatic heterocycles. The number of halogens is 2. The van der Waals surface area contributed by atoms with Crippen molar-refractivity contribution in [1.82, 2.24) is 0 Å². The second-order valence-corrected chi connectivity index (χ2v) is 11.6. The third-order valence-corrected chi connectivity index (χ3v) is 10.6. The Hall–Kier alpha value is -1.34. The van der Waals surface area contributed by atoms with Crippen LogP contribution in [0.2, 0.25) is 0 Å². The maximum Gasteiger partial charge on any atom is -1.00 e. The van der Waals surface area contributed by atoms with E-state index in [0.29, 0.717) is 10.1 Å². The van der Waals surface area contributed by atoms with E-state index in [2.05, 4.69) is 87.5 Å². The molecule has 0 heterocycles. The van der Waals surface area contributed by atoms with Gasteiger partial charge in [0.1, 0.15) is 0 Å². The number of hydrogen-bond donors (Lipinski definition) is 0. The van der Waals surface area contributed by atoms with Crippen molar-refractivity contribution in [3.05, 3.63) is 92.1 Å². The average molecular weight is 458 g/mol. The predicted octanol–water partition coefficient (Wildman–Crippen LogP) is 1.14. The molecule has 2 aliphatic carbocycles. The van der Waals surface area contributed by atoms with Gasteiger partial charge in [0.2, 0.25) is 0 Å². The molecule has 2 aromatic carbocycles. The SMILES string of the molecule is CCCC(C)C1=[C]([Ti+2][CH]2C(Pc3ccccc3C)=Cc3ccccc32)CC=C1.[F-].[F-]. The molecule has 0 nitrogen and oxygen atoms in total. The second kappa shape index (κ2) is 11.3. The van der Waals surface area contributed by atoms with Crippen LogP contribution in [0.25, 0.3) is 6.08 Å². The molecule has 4 heteroatoms. The van der Waals surface area contributed by atoms with Crippen LogP contribution in [0.15, 0.2) is 75.4 Å². The largest absolute Gasteiger partial charge is 1.00 e. The first-order valence-corrected chi connectivity index (χ1v) is 13.1. The van der Waals surface area contributed by atoms with Gasteiger partial charge >= 0.3 is 181 Å². The van der Waals surface area contributed by atoms with Crippen molar-refractivity contribution in [3.63, 3.8) is 0 Å². The molecule has 3 atom stereocenters. The average Bonchev–Trinajstić information content (AvgIpc) is 3.29. The van der Waals surface area contributed by atoms with Gasteiger partial charge in [-0.05, 0) is 0 Å². The van der Waals surface area contributed by atoms with E-state index < -0.39 is 0 Å². The number of aryl methyl sites for hydroxylation is 1. The van der Waals surface area contributed by atoms with Gasteiger partial charge in [-0.2, -0.15) is 0 Å². The van der Waals surface area contributed by atoms with E-state index in [9.17, 15) is 0 Å². The Balaban J connectivity index is 0.00000160. The van der Waals surface area contributed by atoms with E-state index in [1.54, 1.807) is 20.3 Å². The third-order valence-electron chi connectivity index (χ3n) is 5.89. The molecule has 2 aliphatic rings. The molecule has 156 valence electrons.